The number of thiazole rings is 1. The van der Waals surface area contributed by atoms with Gasteiger partial charge in [0.15, 0.2) is 5.13 Å². The molecule has 4 rings (SSSR count). The van der Waals surface area contributed by atoms with Gasteiger partial charge in [0, 0.05) is 16.0 Å². The Morgan fingerprint density at radius 2 is 1.58 bits per heavy atom. The number of carbonyl (C=O) groups is 2. The lowest BCUT2D eigenvalue weighted by Gasteiger charge is -2.07. The molecule has 0 atom stereocenters. The molecule has 0 radical (unpaired) electrons. The molecule has 0 aliphatic heterocycles. The molecule has 0 fully saturated rings. The molecule has 0 bridgehead atoms. The number of nitrogens with zero attached hydrogens (tertiary/aromatic N) is 1. The van der Waals surface area contributed by atoms with Crippen LogP contribution >= 0.6 is 11.3 Å². The summed E-state index contributed by atoms with van der Waals surface area (Å²) in [6.07, 6.45) is 0.0850. The molecule has 1 aromatic heterocycles. The molecular formula is C26H22N2O4S. The monoisotopic (exact) mass is 458 g/mol. The third-order valence-electron chi connectivity index (χ3n) is 4.86. The quantitative estimate of drug-likeness (QED) is 0.360. The highest BCUT2D eigenvalue weighted by atomic mass is 32.1. The van der Waals surface area contributed by atoms with Crippen molar-refractivity contribution in [3.63, 3.8) is 0 Å². The highest BCUT2D eigenvalue weighted by molar-refractivity contribution is 7.16. The first-order chi connectivity index (χ1) is 16.1. The van der Waals surface area contributed by atoms with E-state index >= 15 is 0 Å². The molecule has 0 saturated heterocycles. The van der Waals surface area contributed by atoms with Gasteiger partial charge in [-0.05, 0) is 29.8 Å². The molecule has 1 N–H and O–H groups in total. The van der Waals surface area contributed by atoms with Crippen molar-refractivity contribution in [1.29, 1.82) is 0 Å². The van der Waals surface area contributed by atoms with Gasteiger partial charge in [-0.1, -0.05) is 60.7 Å². The van der Waals surface area contributed by atoms with Gasteiger partial charge in [0.05, 0.1) is 19.2 Å². The van der Waals surface area contributed by atoms with Gasteiger partial charge in [0.2, 0.25) is 0 Å². The second kappa shape index (κ2) is 10.6. The van der Waals surface area contributed by atoms with Gasteiger partial charge in [-0.25, -0.2) is 4.98 Å². The number of hydrogen-bond acceptors (Lipinski definition) is 6. The number of ether oxygens (including phenoxy) is 2. The first-order valence-corrected chi connectivity index (χ1v) is 11.1. The minimum atomic E-state index is -0.361. The van der Waals surface area contributed by atoms with E-state index in [0.717, 1.165) is 16.0 Å². The Balaban J connectivity index is 1.45. The van der Waals surface area contributed by atoms with Crippen molar-refractivity contribution >= 4 is 28.3 Å². The topological polar surface area (TPSA) is 77.5 Å². The molecule has 0 aliphatic rings. The third-order valence-corrected chi connectivity index (χ3v) is 5.83. The Kier molecular flexibility index (Phi) is 7.12. The highest BCUT2D eigenvalue weighted by Gasteiger charge is 2.18. The number of methoxy groups -OCH3 is 1. The summed E-state index contributed by atoms with van der Waals surface area (Å²) in [4.78, 5) is 29.9. The van der Waals surface area contributed by atoms with Gasteiger partial charge in [0.25, 0.3) is 5.91 Å². The number of anilines is 1. The van der Waals surface area contributed by atoms with Gasteiger partial charge in [0.1, 0.15) is 12.4 Å². The molecule has 0 spiro atoms. The van der Waals surface area contributed by atoms with E-state index in [-0.39, 0.29) is 18.3 Å². The summed E-state index contributed by atoms with van der Waals surface area (Å²) < 4.78 is 10.6. The lowest BCUT2D eigenvalue weighted by atomic mass is 10.1. The van der Waals surface area contributed by atoms with Crippen LogP contribution in [-0.2, 0) is 22.6 Å². The Morgan fingerprint density at radius 1 is 0.909 bits per heavy atom. The number of benzene rings is 3. The molecule has 33 heavy (non-hydrogen) atoms. The Bertz CT molecular complexity index is 1220. The predicted molar refractivity (Wildman–Crippen MR) is 128 cm³/mol. The fourth-order valence-electron chi connectivity index (χ4n) is 3.16. The van der Waals surface area contributed by atoms with Crippen LogP contribution in [0.3, 0.4) is 0 Å². The van der Waals surface area contributed by atoms with Crippen molar-refractivity contribution in [2.45, 2.75) is 13.0 Å². The molecule has 0 unspecified atom stereocenters. The predicted octanol–water partition coefficient (Wildman–Crippen LogP) is 5.36. The SMILES string of the molecule is COC(=O)Cc1sc(NC(=O)c2ccc(OCc3ccccc3)cc2)nc1-c1ccccc1. The Hall–Kier alpha value is -3.97. The van der Waals surface area contributed by atoms with Crippen LogP contribution in [0.2, 0.25) is 0 Å². The number of hydrogen-bond donors (Lipinski definition) is 1. The summed E-state index contributed by atoms with van der Waals surface area (Å²) >= 11 is 1.26. The lowest BCUT2D eigenvalue weighted by molar-refractivity contribution is -0.139. The van der Waals surface area contributed by atoms with Crippen molar-refractivity contribution in [3.8, 4) is 17.0 Å². The van der Waals surface area contributed by atoms with E-state index in [1.54, 1.807) is 24.3 Å². The van der Waals surface area contributed by atoms with E-state index in [0.29, 0.717) is 28.7 Å². The lowest BCUT2D eigenvalue weighted by Crippen LogP contribution is -2.11. The normalized spacial score (nSPS) is 10.5. The van der Waals surface area contributed by atoms with Crippen LogP contribution in [0.4, 0.5) is 5.13 Å². The molecule has 3 aromatic carbocycles. The summed E-state index contributed by atoms with van der Waals surface area (Å²) in [6, 6.07) is 26.3. The fourth-order valence-corrected chi connectivity index (χ4v) is 4.13. The average molecular weight is 459 g/mol. The van der Waals surface area contributed by atoms with E-state index in [9.17, 15) is 9.59 Å². The van der Waals surface area contributed by atoms with E-state index in [1.165, 1.54) is 18.4 Å². The molecule has 0 aliphatic carbocycles. The minimum Gasteiger partial charge on any atom is -0.489 e. The molecule has 6 nitrogen and oxygen atoms in total. The maximum absolute atomic E-state index is 12.8. The average Bonchev–Trinajstić information content (AvgIpc) is 3.25. The first kappa shape index (κ1) is 22.2. The van der Waals surface area contributed by atoms with Gasteiger partial charge >= 0.3 is 5.97 Å². The van der Waals surface area contributed by atoms with Crippen molar-refractivity contribution in [1.82, 2.24) is 4.98 Å². The van der Waals surface area contributed by atoms with Gasteiger partial charge in [-0.15, -0.1) is 11.3 Å². The number of esters is 1. The van der Waals surface area contributed by atoms with Crippen molar-refractivity contribution in [2.75, 3.05) is 12.4 Å². The molecule has 1 amide bonds. The summed E-state index contributed by atoms with van der Waals surface area (Å²) in [7, 11) is 1.35. The molecule has 1 heterocycles. The van der Waals surface area contributed by atoms with Crippen LogP contribution in [-0.4, -0.2) is 24.0 Å². The zero-order chi connectivity index (χ0) is 23.0. The van der Waals surface area contributed by atoms with Crippen LogP contribution in [0.5, 0.6) is 5.75 Å². The van der Waals surface area contributed by atoms with Crippen molar-refractivity contribution in [3.05, 3.63) is 101 Å². The number of amides is 1. The number of aromatic nitrogens is 1. The van der Waals surface area contributed by atoms with Gasteiger partial charge in [-0.3, -0.25) is 14.9 Å². The number of rotatable bonds is 8. The molecular weight excluding hydrogens is 436 g/mol. The summed E-state index contributed by atoms with van der Waals surface area (Å²) in [5, 5.41) is 3.25. The van der Waals surface area contributed by atoms with Crippen LogP contribution < -0.4 is 10.1 Å². The maximum Gasteiger partial charge on any atom is 0.310 e. The van der Waals surface area contributed by atoms with E-state index in [1.807, 2.05) is 60.7 Å². The highest BCUT2D eigenvalue weighted by Crippen LogP contribution is 2.32. The van der Waals surface area contributed by atoms with Crippen molar-refractivity contribution < 1.29 is 19.1 Å². The summed E-state index contributed by atoms with van der Waals surface area (Å²) in [5.74, 6) is 0.0266. The number of carbonyl (C=O) groups excluding carboxylic acids is 2. The second-order valence-corrected chi connectivity index (χ2v) is 8.25. The molecule has 7 heteroatoms. The van der Waals surface area contributed by atoms with Crippen LogP contribution in [0.25, 0.3) is 11.3 Å². The van der Waals surface area contributed by atoms with Crippen molar-refractivity contribution in [2.24, 2.45) is 0 Å². The smallest absolute Gasteiger partial charge is 0.310 e. The Morgan fingerprint density at radius 3 is 2.24 bits per heavy atom. The van der Waals surface area contributed by atoms with E-state index in [4.69, 9.17) is 9.47 Å². The van der Waals surface area contributed by atoms with E-state index in [2.05, 4.69) is 10.3 Å². The van der Waals surface area contributed by atoms with Crippen LogP contribution in [0.1, 0.15) is 20.8 Å². The number of nitrogens with one attached hydrogen (secondary N) is 1. The molecule has 166 valence electrons. The third kappa shape index (κ3) is 5.84. The fraction of sp³-hybridized carbons (Fsp3) is 0.115. The van der Waals surface area contributed by atoms with Crippen LogP contribution in [0.15, 0.2) is 84.9 Å². The second-order valence-electron chi connectivity index (χ2n) is 7.16. The largest absolute Gasteiger partial charge is 0.489 e. The zero-order valence-corrected chi connectivity index (χ0v) is 18.8. The minimum absolute atomic E-state index is 0.0850. The standard InChI is InChI=1S/C26H22N2O4S/c1-31-23(29)16-22-24(19-10-6-3-7-11-19)27-26(33-22)28-25(30)20-12-14-21(15-13-20)32-17-18-8-4-2-5-9-18/h2-15H,16-17H2,1H3,(H,27,28,30). The summed E-state index contributed by atoms with van der Waals surface area (Å²) in [5.41, 5.74) is 3.08. The Labute approximate surface area is 195 Å². The molecule has 0 saturated carbocycles. The summed E-state index contributed by atoms with van der Waals surface area (Å²) in [6.45, 7) is 0.455. The maximum atomic E-state index is 12.8. The zero-order valence-electron chi connectivity index (χ0n) is 18.0. The van der Waals surface area contributed by atoms with Crippen LogP contribution in [0, 0.1) is 0 Å². The van der Waals surface area contributed by atoms with Gasteiger partial charge in [-0.2, -0.15) is 0 Å². The van der Waals surface area contributed by atoms with E-state index < -0.39 is 0 Å². The van der Waals surface area contributed by atoms with Gasteiger partial charge < -0.3 is 9.47 Å². The first-order valence-electron chi connectivity index (χ1n) is 10.3. The molecule has 4 aromatic rings.